The van der Waals surface area contributed by atoms with Crippen molar-refractivity contribution >= 4 is 33.5 Å². The van der Waals surface area contributed by atoms with E-state index in [1.165, 1.54) is 11.1 Å². The second kappa shape index (κ2) is 9.59. The number of fused-ring (bicyclic) bond motifs is 1. The minimum atomic E-state index is -0.122. The molecule has 0 radical (unpaired) electrons. The first kappa shape index (κ1) is 20.2. The van der Waals surface area contributed by atoms with Crippen molar-refractivity contribution in [1.82, 2.24) is 10.6 Å². The van der Waals surface area contributed by atoms with Crippen LogP contribution in [0.2, 0.25) is 0 Å². The number of nitrogens with zero attached hydrogens (tertiary/aromatic N) is 1. The van der Waals surface area contributed by atoms with Crippen LogP contribution >= 0.6 is 15.9 Å². The topological polar surface area (TPSA) is 74.8 Å². The molecule has 3 rings (SSSR count). The summed E-state index contributed by atoms with van der Waals surface area (Å²) in [5.74, 6) is 1.48. The van der Waals surface area contributed by atoms with Gasteiger partial charge in [0.05, 0.1) is 13.2 Å². The first-order chi connectivity index (χ1) is 13.5. The van der Waals surface area contributed by atoms with Gasteiger partial charge < -0.3 is 20.7 Å². The zero-order valence-electron chi connectivity index (χ0n) is 16.1. The first-order valence-corrected chi connectivity index (χ1v) is 10.1. The number of ether oxygens (including phenoxy) is 1. The van der Waals surface area contributed by atoms with Crippen LogP contribution in [0.1, 0.15) is 16.7 Å². The van der Waals surface area contributed by atoms with Crippen LogP contribution in [0.4, 0.5) is 5.69 Å². The number of aryl methyl sites for hydroxylation is 1. The molecule has 1 amide bonds. The number of carbonyl (C=O) groups is 1. The molecule has 6 nitrogen and oxygen atoms in total. The Kier molecular flexibility index (Phi) is 6.92. The normalized spacial score (nSPS) is 12.9. The van der Waals surface area contributed by atoms with E-state index in [4.69, 9.17) is 4.74 Å². The number of amides is 1. The Balaban J connectivity index is 1.43. The van der Waals surface area contributed by atoms with E-state index in [0.717, 1.165) is 47.5 Å². The van der Waals surface area contributed by atoms with Crippen LogP contribution in [-0.4, -0.2) is 38.6 Å². The molecule has 0 fully saturated rings. The van der Waals surface area contributed by atoms with E-state index in [1.54, 1.807) is 7.05 Å². The van der Waals surface area contributed by atoms with Crippen LogP contribution in [0.15, 0.2) is 45.9 Å². The fourth-order valence-electron chi connectivity index (χ4n) is 3.03. The van der Waals surface area contributed by atoms with Crippen molar-refractivity contribution in [3.05, 3.63) is 57.6 Å². The van der Waals surface area contributed by atoms with E-state index in [9.17, 15) is 4.79 Å². The van der Waals surface area contributed by atoms with Crippen LogP contribution in [0.3, 0.4) is 0 Å². The molecule has 148 valence electrons. The summed E-state index contributed by atoms with van der Waals surface area (Å²) in [7, 11) is 1.69. The van der Waals surface area contributed by atoms with Gasteiger partial charge in [-0.2, -0.15) is 0 Å². The van der Waals surface area contributed by atoms with Gasteiger partial charge in [-0.15, -0.1) is 0 Å². The van der Waals surface area contributed by atoms with Crippen molar-refractivity contribution in [2.24, 2.45) is 4.99 Å². The van der Waals surface area contributed by atoms with E-state index < -0.39 is 0 Å². The second-order valence-electron chi connectivity index (χ2n) is 6.65. The minimum absolute atomic E-state index is 0.122. The molecule has 0 saturated carbocycles. The number of carbonyl (C=O) groups excluding carboxylic acids is 1. The van der Waals surface area contributed by atoms with Crippen molar-refractivity contribution in [3.8, 4) is 5.75 Å². The fraction of sp³-hybridized carbons (Fsp3) is 0.333. The molecule has 0 unspecified atom stereocenters. The van der Waals surface area contributed by atoms with Crippen molar-refractivity contribution in [3.63, 3.8) is 0 Å². The molecule has 1 aliphatic rings. The molecule has 0 aromatic heterocycles. The molecule has 2 aromatic carbocycles. The molecule has 1 heterocycles. The summed E-state index contributed by atoms with van der Waals surface area (Å²) in [6, 6.07) is 12.1. The average Bonchev–Trinajstić information content (AvgIpc) is 3.15. The molecule has 1 aliphatic heterocycles. The van der Waals surface area contributed by atoms with Gasteiger partial charge in [-0.1, -0.05) is 34.1 Å². The van der Waals surface area contributed by atoms with Crippen molar-refractivity contribution in [1.29, 1.82) is 0 Å². The van der Waals surface area contributed by atoms with Crippen LogP contribution < -0.4 is 20.7 Å². The van der Waals surface area contributed by atoms with Gasteiger partial charge in [0.2, 0.25) is 5.91 Å². The lowest BCUT2D eigenvalue weighted by atomic mass is 10.1. The maximum atomic E-state index is 12.2. The third kappa shape index (κ3) is 5.48. The molecular weight excluding hydrogens is 420 g/mol. The number of nitrogens with one attached hydrogen (secondary N) is 3. The summed E-state index contributed by atoms with van der Waals surface area (Å²) in [5.41, 5.74) is 4.35. The predicted molar refractivity (Wildman–Crippen MR) is 116 cm³/mol. The number of guanidine groups is 1. The van der Waals surface area contributed by atoms with Gasteiger partial charge in [0.1, 0.15) is 5.75 Å². The lowest BCUT2D eigenvalue weighted by Crippen LogP contribution is -2.42. The van der Waals surface area contributed by atoms with Crippen LogP contribution in [-0.2, 0) is 17.6 Å². The Labute approximate surface area is 173 Å². The Bertz CT molecular complexity index is 883. The average molecular weight is 445 g/mol. The summed E-state index contributed by atoms with van der Waals surface area (Å²) in [4.78, 5) is 16.4. The minimum Gasteiger partial charge on any atom is -0.493 e. The molecule has 2 aromatic rings. The van der Waals surface area contributed by atoms with Crippen molar-refractivity contribution in [2.45, 2.75) is 19.8 Å². The molecule has 0 aliphatic carbocycles. The molecule has 0 saturated heterocycles. The number of hydrogen-bond donors (Lipinski definition) is 3. The summed E-state index contributed by atoms with van der Waals surface area (Å²) in [5, 5.41) is 9.20. The van der Waals surface area contributed by atoms with Gasteiger partial charge in [0, 0.05) is 30.2 Å². The maximum Gasteiger partial charge on any atom is 0.243 e. The molecule has 0 bridgehead atoms. The van der Waals surface area contributed by atoms with E-state index >= 15 is 0 Å². The Morgan fingerprint density at radius 1 is 1.21 bits per heavy atom. The van der Waals surface area contributed by atoms with E-state index in [1.807, 2.05) is 31.2 Å². The van der Waals surface area contributed by atoms with Crippen LogP contribution in [0.25, 0.3) is 0 Å². The maximum absolute atomic E-state index is 12.2. The largest absolute Gasteiger partial charge is 0.493 e. The predicted octanol–water partition coefficient (Wildman–Crippen LogP) is 3.04. The molecular formula is C21H25BrN4O2. The highest BCUT2D eigenvalue weighted by Gasteiger charge is 2.12. The fourth-order valence-corrected chi connectivity index (χ4v) is 3.39. The lowest BCUT2D eigenvalue weighted by molar-refractivity contribution is -0.115. The van der Waals surface area contributed by atoms with E-state index in [2.05, 4.69) is 49.0 Å². The third-order valence-corrected chi connectivity index (χ3v) is 5.07. The third-order valence-electron chi connectivity index (χ3n) is 4.57. The number of anilines is 1. The molecule has 0 spiro atoms. The Hall–Kier alpha value is -2.54. The summed E-state index contributed by atoms with van der Waals surface area (Å²) in [6.07, 6.45) is 1.85. The summed E-state index contributed by atoms with van der Waals surface area (Å²) in [6.45, 7) is 3.60. The number of aliphatic imine (C=N–C) groups is 1. The van der Waals surface area contributed by atoms with Gasteiger partial charge in [-0.25, -0.2) is 0 Å². The zero-order valence-corrected chi connectivity index (χ0v) is 17.7. The molecule has 0 atom stereocenters. The van der Waals surface area contributed by atoms with Crippen molar-refractivity contribution in [2.75, 3.05) is 32.1 Å². The number of halogens is 1. The van der Waals surface area contributed by atoms with E-state index in [-0.39, 0.29) is 12.5 Å². The van der Waals surface area contributed by atoms with Gasteiger partial charge in [-0.3, -0.25) is 9.79 Å². The highest BCUT2D eigenvalue weighted by molar-refractivity contribution is 9.10. The smallest absolute Gasteiger partial charge is 0.243 e. The van der Waals surface area contributed by atoms with Crippen LogP contribution in [0, 0.1) is 6.92 Å². The highest BCUT2D eigenvalue weighted by atomic mass is 79.9. The van der Waals surface area contributed by atoms with Gasteiger partial charge in [0.15, 0.2) is 5.96 Å². The highest BCUT2D eigenvalue weighted by Crippen LogP contribution is 2.25. The monoisotopic (exact) mass is 444 g/mol. The van der Waals surface area contributed by atoms with E-state index in [0.29, 0.717) is 5.96 Å². The Morgan fingerprint density at radius 2 is 2.07 bits per heavy atom. The lowest BCUT2D eigenvalue weighted by Gasteiger charge is -2.13. The second-order valence-corrected chi connectivity index (χ2v) is 7.57. The van der Waals surface area contributed by atoms with Crippen LogP contribution in [0.5, 0.6) is 5.75 Å². The summed E-state index contributed by atoms with van der Waals surface area (Å²) < 4.78 is 6.47. The first-order valence-electron chi connectivity index (χ1n) is 9.30. The van der Waals surface area contributed by atoms with Gasteiger partial charge >= 0.3 is 0 Å². The SMILES string of the molecule is CN=C(NCCc1ccc2c(c1)CCO2)NCC(=O)Nc1cc(Br)ccc1C. The Morgan fingerprint density at radius 3 is 2.89 bits per heavy atom. The number of benzene rings is 2. The van der Waals surface area contributed by atoms with Gasteiger partial charge in [-0.05, 0) is 48.2 Å². The summed E-state index contributed by atoms with van der Waals surface area (Å²) >= 11 is 3.42. The standard InChI is InChI=1S/C21H25BrN4O2/c1-14-3-5-17(22)12-18(14)26-20(27)13-25-21(23-2)24-9-7-15-4-6-19-16(11-15)8-10-28-19/h3-6,11-12H,7-10,13H2,1-2H3,(H,26,27)(H2,23,24,25). The zero-order chi connectivity index (χ0) is 19.9. The molecule has 3 N–H and O–H groups in total. The molecule has 7 heteroatoms. The quantitative estimate of drug-likeness (QED) is 0.472. The number of rotatable bonds is 6. The van der Waals surface area contributed by atoms with Gasteiger partial charge in [0.25, 0.3) is 0 Å². The molecule has 28 heavy (non-hydrogen) atoms. The number of hydrogen-bond acceptors (Lipinski definition) is 3. The van der Waals surface area contributed by atoms with Crippen molar-refractivity contribution < 1.29 is 9.53 Å².